The molecule has 0 amide bonds. The summed E-state index contributed by atoms with van der Waals surface area (Å²) in [5.41, 5.74) is 0. The van der Waals surface area contributed by atoms with Gasteiger partial charge >= 0.3 is 14.9 Å². The van der Waals surface area contributed by atoms with Crippen LogP contribution in [0.5, 0.6) is 0 Å². The largest absolute Gasteiger partial charge is 1.04 e. The van der Waals surface area contributed by atoms with E-state index in [1.165, 1.54) is 30.4 Å². The Morgan fingerprint density at radius 3 is 1.67 bits per heavy atom. The van der Waals surface area contributed by atoms with Crippen LogP contribution >= 0.6 is 0 Å². The van der Waals surface area contributed by atoms with Gasteiger partial charge < -0.3 is 18.8 Å². The van der Waals surface area contributed by atoms with Crippen LogP contribution in [0.4, 0.5) is 14.1 Å². The van der Waals surface area contributed by atoms with Crippen molar-refractivity contribution in [2.24, 2.45) is 0 Å². The fourth-order valence-electron chi connectivity index (χ4n) is 2.06. The molecule has 1 saturated heterocycles. The highest BCUT2D eigenvalue weighted by Gasteiger charge is 2.41. The zero-order valence-electron chi connectivity index (χ0n) is 11.6. The van der Waals surface area contributed by atoms with E-state index in [2.05, 4.69) is 27.7 Å². The molecule has 0 aromatic carbocycles. The summed E-state index contributed by atoms with van der Waals surface area (Å²) in [6.45, 7) is 12.4. The maximum Gasteiger partial charge on any atom is 1.04 e. The minimum absolute atomic E-state index is 0.370. The molecule has 0 saturated carbocycles. The van der Waals surface area contributed by atoms with Crippen LogP contribution in [0, 0.1) is 0 Å². The molecule has 1 aliphatic heterocycles. The molecule has 110 valence electrons. The number of rotatable bonds is 4. The van der Waals surface area contributed by atoms with Crippen LogP contribution in [0.2, 0.25) is 0 Å². The molecule has 1 fully saturated rings. The summed E-state index contributed by atoms with van der Waals surface area (Å²) in [7, 11) is 0. The SMILES string of the molecule is CC(C)OC[N+]1(C(C)C)CCCC1.[F][Al-]([F])([F])[F]. The summed E-state index contributed by atoms with van der Waals surface area (Å²) in [6.07, 6.45) is 3.12. The fourth-order valence-corrected chi connectivity index (χ4v) is 2.06. The molecule has 0 radical (unpaired) electrons. The van der Waals surface area contributed by atoms with E-state index in [1.54, 1.807) is 0 Å². The van der Waals surface area contributed by atoms with Crippen molar-refractivity contribution in [3.63, 3.8) is 0 Å². The third-order valence-electron chi connectivity index (χ3n) is 3.22. The molecule has 0 atom stereocenters. The van der Waals surface area contributed by atoms with Gasteiger partial charge in [-0.25, -0.2) is 0 Å². The molecule has 18 heavy (non-hydrogen) atoms. The number of quaternary nitrogens is 1. The maximum absolute atomic E-state index is 9.85. The van der Waals surface area contributed by atoms with E-state index in [-0.39, 0.29) is 0 Å². The minimum atomic E-state index is -6.83. The van der Waals surface area contributed by atoms with Gasteiger partial charge in [0.1, 0.15) is 0 Å². The van der Waals surface area contributed by atoms with Gasteiger partial charge in [-0.3, -0.25) is 4.48 Å². The highest BCUT2D eigenvalue weighted by molar-refractivity contribution is 6.50. The van der Waals surface area contributed by atoms with Crippen LogP contribution in [0.1, 0.15) is 40.5 Å². The number of nitrogens with zero attached hydrogens (tertiary/aromatic N) is 1. The van der Waals surface area contributed by atoms with Crippen LogP contribution in [0.25, 0.3) is 0 Å². The number of halogens is 4. The van der Waals surface area contributed by atoms with E-state index >= 15 is 0 Å². The first-order chi connectivity index (χ1) is 8.07. The number of ether oxygens (including phenoxy) is 1. The average Bonchev–Trinajstić information content (AvgIpc) is 2.61. The second-order valence-electron chi connectivity index (χ2n) is 5.31. The summed E-state index contributed by atoms with van der Waals surface area (Å²) in [5, 5.41) is 0. The Bertz CT molecular complexity index is 222. The highest BCUT2D eigenvalue weighted by atomic mass is 27.5. The molecule has 0 aromatic heterocycles. The van der Waals surface area contributed by atoms with E-state index in [1.807, 2.05) is 0 Å². The highest BCUT2D eigenvalue weighted by Crippen LogP contribution is 2.23. The zero-order chi connectivity index (χ0) is 14.4. The average molecular weight is 289 g/mol. The zero-order valence-corrected chi connectivity index (χ0v) is 12.8. The first kappa shape index (κ1) is 18.2. The molecule has 0 bridgehead atoms. The molecular formula is C11H24AlF4NO. The lowest BCUT2D eigenvalue weighted by molar-refractivity contribution is -0.954. The van der Waals surface area contributed by atoms with Crippen molar-refractivity contribution in [3.05, 3.63) is 0 Å². The topological polar surface area (TPSA) is 9.23 Å². The predicted molar refractivity (Wildman–Crippen MR) is 65.6 cm³/mol. The van der Waals surface area contributed by atoms with Gasteiger partial charge in [0.15, 0.2) is 6.73 Å². The summed E-state index contributed by atoms with van der Waals surface area (Å²) >= 11 is -6.83. The normalized spacial score (nSPS) is 19.0. The number of hydrogen-bond acceptors (Lipinski definition) is 1. The van der Waals surface area contributed by atoms with Crippen molar-refractivity contribution in [1.82, 2.24) is 0 Å². The Morgan fingerprint density at radius 1 is 1.00 bits per heavy atom. The van der Waals surface area contributed by atoms with Crippen molar-refractivity contribution >= 4 is 14.9 Å². The van der Waals surface area contributed by atoms with Crippen LogP contribution < -0.4 is 0 Å². The van der Waals surface area contributed by atoms with Crippen molar-refractivity contribution in [2.45, 2.75) is 52.7 Å². The van der Waals surface area contributed by atoms with E-state index in [0.717, 1.165) is 6.73 Å². The van der Waals surface area contributed by atoms with Crippen LogP contribution in [0.15, 0.2) is 0 Å². The van der Waals surface area contributed by atoms with Crippen molar-refractivity contribution in [2.75, 3.05) is 19.8 Å². The molecule has 1 aliphatic rings. The van der Waals surface area contributed by atoms with E-state index < -0.39 is 14.9 Å². The molecule has 1 rings (SSSR count). The van der Waals surface area contributed by atoms with Crippen LogP contribution in [0.3, 0.4) is 0 Å². The van der Waals surface area contributed by atoms with Gasteiger partial charge in [-0.15, -0.1) is 0 Å². The van der Waals surface area contributed by atoms with E-state index in [0.29, 0.717) is 12.1 Å². The van der Waals surface area contributed by atoms with Gasteiger partial charge in [-0.1, -0.05) is 0 Å². The minimum Gasteiger partial charge on any atom is -0.510 e. The Labute approximate surface area is 111 Å². The summed E-state index contributed by atoms with van der Waals surface area (Å²) in [5.74, 6) is 0. The predicted octanol–water partition coefficient (Wildman–Crippen LogP) is 3.69. The lowest BCUT2D eigenvalue weighted by Gasteiger charge is -2.38. The first-order valence-electron chi connectivity index (χ1n) is 6.41. The molecule has 0 unspecified atom stereocenters. The van der Waals surface area contributed by atoms with E-state index in [4.69, 9.17) is 4.74 Å². The third-order valence-corrected chi connectivity index (χ3v) is 3.22. The lowest BCUT2D eigenvalue weighted by atomic mass is 10.3. The van der Waals surface area contributed by atoms with Gasteiger partial charge in [-0.05, 0) is 27.7 Å². The second-order valence-corrected chi connectivity index (χ2v) is 6.30. The number of likely N-dealkylation sites (tertiary alicyclic amines) is 1. The van der Waals surface area contributed by atoms with Crippen LogP contribution in [-0.4, -0.2) is 51.4 Å². The van der Waals surface area contributed by atoms with Crippen molar-refractivity contribution in [3.8, 4) is 0 Å². The summed E-state index contributed by atoms with van der Waals surface area (Å²) in [6, 6.07) is 0.709. The Balaban J connectivity index is 0.000000494. The van der Waals surface area contributed by atoms with Gasteiger partial charge in [-0.2, -0.15) is 0 Å². The maximum atomic E-state index is 9.85. The summed E-state index contributed by atoms with van der Waals surface area (Å²) < 4.78 is 46.4. The first-order valence-corrected chi connectivity index (χ1v) is 8.16. The van der Waals surface area contributed by atoms with Gasteiger partial charge in [0.2, 0.25) is 0 Å². The van der Waals surface area contributed by atoms with Crippen LogP contribution in [-0.2, 0) is 4.74 Å². The smallest absolute Gasteiger partial charge is 0.510 e. The molecule has 0 spiro atoms. The van der Waals surface area contributed by atoms with Gasteiger partial charge in [0.25, 0.3) is 0 Å². The summed E-state index contributed by atoms with van der Waals surface area (Å²) in [4.78, 5) is 0. The molecular weight excluding hydrogens is 265 g/mol. The van der Waals surface area contributed by atoms with Gasteiger partial charge in [0.05, 0.1) is 25.2 Å². The quantitative estimate of drug-likeness (QED) is 0.436. The molecule has 2 nitrogen and oxygen atoms in total. The Kier molecular flexibility index (Phi) is 7.76. The third kappa shape index (κ3) is 8.31. The second kappa shape index (κ2) is 7.69. The standard InChI is InChI=1S/C11H24NO.Al.4FH/c1-10(2)12(7-5-6-8-12)9-13-11(3)4;;;;;/h10-11H,5-9H2,1-4H3;;4*1H/q+1;+3;;;;/p-4. The Morgan fingerprint density at radius 2 is 1.39 bits per heavy atom. The molecule has 0 aromatic rings. The fraction of sp³-hybridized carbons (Fsp3) is 1.00. The number of hydrogen-bond donors (Lipinski definition) is 0. The molecule has 0 N–H and O–H groups in total. The van der Waals surface area contributed by atoms with Gasteiger partial charge in [0, 0.05) is 12.8 Å². The molecule has 0 aliphatic carbocycles. The van der Waals surface area contributed by atoms with E-state index in [9.17, 15) is 14.1 Å². The van der Waals surface area contributed by atoms with Crippen molar-refractivity contribution < 1.29 is 23.3 Å². The lowest BCUT2D eigenvalue weighted by Crippen LogP contribution is -2.52. The Hall–Kier alpha value is 0.172. The van der Waals surface area contributed by atoms with Crippen molar-refractivity contribution in [1.29, 1.82) is 0 Å². The molecule has 1 heterocycles. The molecule has 7 heteroatoms. The monoisotopic (exact) mass is 289 g/mol.